The number of nitrogens with zero attached hydrogens (tertiary/aromatic N) is 2. The fraction of sp³-hybridized carbons (Fsp3) is 0.231. The SMILES string of the molecule is CCNC(=O)Nc1nc2ccc(C(=O)CC#N)cc2s1. The molecule has 6 nitrogen and oxygen atoms in total. The molecule has 2 N–H and O–H groups in total. The molecule has 20 heavy (non-hydrogen) atoms. The second-order valence-corrected chi connectivity index (χ2v) is 4.97. The van der Waals surface area contributed by atoms with Gasteiger partial charge in [-0.2, -0.15) is 5.26 Å². The molecule has 0 saturated carbocycles. The molecule has 0 bridgehead atoms. The van der Waals surface area contributed by atoms with Crippen LogP contribution in [-0.4, -0.2) is 23.3 Å². The Morgan fingerprint density at radius 2 is 2.25 bits per heavy atom. The van der Waals surface area contributed by atoms with E-state index in [4.69, 9.17) is 5.26 Å². The zero-order valence-electron chi connectivity index (χ0n) is 10.8. The summed E-state index contributed by atoms with van der Waals surface area (Å²) in [7, 11) is 0. The van der Waals surface area contributed by atoms with E-state index >= 15 is 0 Å². The Labute approximate surface area is 119 Å². The van der Waals surface area contributed by atoms with E-state index in [2.05, 4.69) is 15.6 Å². The lowest BCUT2D eigenvalue weighted by Crippen LogP contribution is -2.28. The zero-order valence-corrected chi connectivity index (χ0v) is 11.6. The van der Waals surface area contributed by atoms with E-state index in [1.54, 1.807) is 18.2 Å². The molecule has 1 heterocycles. The molecule has 0 unspecified atom stereocenters. The summed E-state index contributed by atoms with van der Waals surface area (Å²) in [6, 6.07) is 6.55. The topological polar surface area (TPSA) is 94.9 Å². The second kappa shape index (κ2) is 6.12. The Balaban J connectivity index is 2.24. The maximum absolute atomic E-state index is 11.6. The van der Waals surface area contributed by atoms with Gasteiger partial charge in [-0.1, -0.05) is 11.3 Å². The Morgan fingerprint density at radius 3 is 2.95 bits per heavy atom. The number of carbonyl (C=O) groups excluding carboxylic acids is 2. The van der Waals surface area contributed by atoms with Crippen molar-refractivity contribution in [3.05, 3.63) is 23.8 Å². The Kier molecular flexibility index (Phi) is 4.27. The van der Waals surface area contributed by atoms with Crippen molar-refractivity contribution in [3.8, 4) is 6.07 Å². The van der Waals surface area contributed by atoms with E-state index in [-0.39, 0.29) is 18.2 Å². The van der Waals surface area contributed by atoms with Gasteiger partial charge in [-0.05, 0) is 25.1 Å². The van der Waals surface area contributed by atoms with Crippen LogP contribution in [0.2, 0.25) is 0 Å². The number of carbonyl (C=O) groups is 2. The summed E-state index contributed by atoms with van der Waals surface area (Å²) in [5, 5.41) is 14.2. The van der Waals surface area contributed by atoms with Gasteiger partial charge in [0.25, 0.3) is 0 Å². The van der Waals surface area contributed by atoms with Crippen molar-refractivity contribution in [2.45, 2.75) is 13.3 Å². The molecule has 0 aliphatic carbocycles. The third-order valence-electron chi connectivity index (χ3n) is 2.51. The van der Waals surface area contributed by atoms with Gasteiger partial charge in [0.1, 0.15) is 0 Å². The van der Waals surface area contributed by atoms with E-state index in [1.165, 1.54) is 11.3 Å². The number of aromatic nitrogens is 1. The Bertz CT molecular complexity index is 702. The standard InChI is InChI=1S/C13H12N4O2S/c1-2-15-12(19)17-13-16-9-4-3-8(7-11(9)20-13)10(18)5-6-14/h3-4,7H,2,5H2,1H3,(H2,15,16,17,19). The number of amides is 2. The van der Waals surface area contributed by atoms with Crippen molar-refractivity contribution in [3.63, 3.8) is 0 Å². The predicted octanol–water partition coefficient (Wildman–Crippen LogP) is 2.53. The van der Waals surface area contributed by atoms with Crippen molar-refractivity contribution in [2.75, 3.05) is 11.9 Å². The molecule has 2 aromatic rings. The van der Waals surface area contributed by atoms with Crippen molar-refractivity contribution < 1.29 is 9.59 Å². The normalized spacial score (nSPS) is 10.0. The van der Waals surface area contributed by atoms with Crippen LogP contribution in [-0.2, 0) is 0 Å². The molecule has 102 valence electrons. The molecule has 0 fully saturated rings. The molecule has 2 amide bonds. The number of nitrogens with one attached hydrogen (secondary N) is 2. The molecule has 0 aliphatic heterocycles. The number of rotatable bonds is 4. The molecule has 0 saturated heterocycles. The largest absolute Gasteiger partial charge is 0.338 e. The monoisotopic (exact) mass is 288 g/mol. The lowest BCUT2D eigenvalue weighted by molar-refractivity contribution is 0.0998. The fourth-order valence-corrected chi connectivity index (χ4v) is 2.53. The fourth-order valence-electron chi connectivity index (χ4n) is 1.63. The van der Waals surface area contributed by atoms with Crippen molar-refractivity contribution >= 4 is 38.5 Å². The maximum Gasteiger partial charge on any atom is 0.321 e. The summed E-state index contributed by atoms with van der Waals surface area (Å²) in [4.78, 5) is 27.3. The van der Waals surface area contributed by atoms with E-state index in [1.807, 2.05) is 13.0 Å². The van der Waals surface area contributed by atoms with Gasteiger partial charge in [0.15, 0.2) is 10.9 Å². The van der Waals surface area contributed by atoms with Gasteiger partial charge in [-0.25, -0.2) is 9.78 Å². The van der Waals surface area contributed by atoms with Crippen molar-refractivity contribution in [2.24, 2.45) is 0 Å². The molecule has 0 aliphatic rings. The Hall–Kier alpha value is -2.46. The number of Topliss-reactive ketones (excluding diaryl/α,β-unsaturated/α-hetero) is 1. The first-order valence-corrected chi connectivity index (χ1v) is 6.81. The molecule has 0 atom stereocenters. The summed E-state index contributed by atoms with van der Waals surface area (Å²) in [6.45, 7) is 2.36. The number of anilines is 1. The van der Waals surface area contributed by atoms with Gasteiger partial charge in [-0.3, -0.25) is 10.1 Å². The number of urea groups is 1. The predicted molar refractivity (Wildman–Crippen MR) is 76.9 cm³/mol. The van der Waals surface area contributed by atoms with Crippen LogP contribution in [0.4, 0.5) is 9.93 Å². The van der Waals surface area contributed by atoms with Gasteiger partial charge < -0.3 is 5.32 Å². The van der Waals surface area contributed by atoms with Gasteiger partial charge in [0, 0.05) is 12.1 Å². The molecular formula is C13H12N4O2S. The van der Waals surface area contributed by atoms with Crippen LogP contribution < -0.4 is 10.6 Å². The first kappa shape index (κ1) is 14.0. The molecular weight excluding hydrogens is 276 g/mol. The first-order valence-electron chi connectivity index (χ1n) is 5.99. The highest BCUT2D eigenvalue weighted by molar-refractivity contribution is 7.22. The number of fused-ring (bicyclic) bond motifs is 1. The van der Waals surface area contributed by atoms with E-state index < -0.39 is 0 Å². The van der Waals surface area contributed by atoms with Crippen molar-refractivity contribution in [1.29, 1.82) is 5.26 Å². The lowest BCUT2D eigenvalue weighted by atomic mass is 10.1. The van der Waals surface area contributed by atoms with Crippen LogP contribution >= 0.6 is 11.3 Å². The average molecular weight is 288 g/mol. The van der Waals surface area contributed by atoms with E-state index in [9.17, 15) is 9.59 Å². The van der Waals surface area contributed by atoms with Gasteiger partial charge in [0.2, 0.25) is 0 Å². The molecule has 2 rings (SSSR count). The zero-order chi connectivity index (χ0) is 14.5. The van der Waals surface area contributed by atoms with Gasteiger partial charge in [0.05, 0.1) is 22.7 Å². The number of thiazole rings is 1. The number of ketones is 1. The summed E-state index contributed by atoms with van der Waals surface area (Å²) in [5.41, 5.74) is 1.18. The molecule has 0 spiro atoms. The van der Waals surface area contributed by atoms with Crippen LogP contribution in [0, 0.1) is 11.3 Å². The highest BCUT2D eigenvalue weighted by Gasteiger charge is 2.10. The second-order valence-electron chi connectivity index (χ2n) is 3.94. The molecule has 0 radical (unpaired) electrons. The van der Waals surface area contributed by atoms with Crippen LogP contribution in [0.1, 0.15) is 23.7 Å². The third kappa shape index (κ3) is 3.10. The van der Waals surface area contributed by atoms with E-state index in [0.717, 1.165) is 4.70 Å². The van der Waals surface area contributed by atoms with Crippen LogP contribution in [0.3, 0.4) is 0 Å². The average Bonchev–Trinajstić information content (AvgIpc) is 2.80. The van der Waals surface area contributed by atoms with Gasteiger partial charge >= 0.3 is 6.03 Å². The highest BCUT2D eigenvalue weighted by Crippen LogP contribution is 2.27. The first-order chi connectivity index (χ1) is 9.63. The van der Waals surface area contributed by atoms with E-state index in [0.29, 0.717) is 22.8 Å². The minimum Gasteiger partial charge on any atom is -0.338 e. The maximum atomic E-state index is 11.6. The van der Waals surface area contributed by atoms with Gasteiger partial charge in [-0.15, -0.1) is 0 Å². The molecule has 7 heteroatoms. The highest BCUT2D eigenvalue weighted by atomic mass is 32.1. The van der Waals surface area contributed by atoms with Crippen LogP contribution in [0.25, 0.3) is 10.2 Å². The Morgan fingerprint density at radius 1 is 1.45 bits per heavy atom. The number of nitriles is 1. The third-order valence-corrected chi connectivity index (χ3v) is 3.44. The summed E-state index contributed by atoms with van der Waals surface area (Å²) in [6.07, 6.45) is -0.145. The smallest absolute Gasteiger partial charge is 0.321 e. The number of hydrogen-bond acceptors (Lipinski definition) is 5. The number of benzene rings is 1. The molecule has 1 aromatic carbocycles. The quantitative estimate of drug-likeness (QED) is 0.845. The molecule has 1 aromatic heterocycles. The lowest BCUT2D eigenvalue weighted by Gasteiger charge is -2.00. The van der Waals surface area contributed by atoms with Crippen LogP contribution in [0.5, 0.6) is 0 Å². The van der Waals surface area contributed by atoms with Crippen LogP contribution in [0.15, 0.2) is 18.2 Å². The number of hydrogen-bond donors (Lipinski definition) is 2. The summed E-state index contributed by atoms with van der Waals surface area (Å²) >= 11 is 1.28. The minimum absolute atomic E-state index is 0.145. The summed E-state index contributed by atoms with van der Waals surface area (Å²) < 4.78 is 0.792. The minimum atomic E-state index is -0.313. The van der Waals surface area contributed by atoms with Crippen molar-refractivity contribution in [1.82, 2.24) is 10.3 Å². The summed E-state index contributed by atoms with van der Waals surface area (Å²) in [5.74, 6) is -0.221.